The number of nitrogens with two attached hydrogens (primary N) is 2. The number of unbranched alkanes of at least 4 members (excludes halogenated alkanes) is 1. The lowest BCUT2D eigenvalue weighted by molar-refractivity contribution is 0.379. The third-order valence-corrected chi connectivity index (χ3v) is 4.51. The van der Waals surface area contributed by atoms with Crippen LogP contribution in [0.4, 0.5) is 11.8 Å². The second-order valence-corrected chi connectivity index (χ2v) is 6.41. The molecule has 0 saturated carbocycles. The molecule has 3 rings (SSSR count). The van der Waals surface area contributed by atoms with E-state index in [1.807, 2.05) is 18.3 Å². The first-order valence-electron chi connectivity index (χ1n) is 9.28. The van der Waals surface area contributed by atoms with E-state index in [1.54, 1.807) is 18.9 Å². The van der Waals surface area contributed by atoms with Gasteiger partial charge in [0.15, 0.2) is 11.3 Å². The Morgan fingerprint density at radius 2 is 2.00 bits per heavy atom. The zero-order chi connectivity index (χ0) is 20.1. The average Bonchev–Trinajstić information content (AvgIpc) is 3.10. The van der Waals surface area contributed by atoms with Crippen molar-refractivity contribution in [1.82, 2.24) is 19.7 Å². The zero-order valence-corrected chi connectivity index (χ0v) is 16.5. The first-order valence-corrected chi connectivity index (χ1v) is 9.28. The number of rotatable bonds is 9. The summed E-state index contributed by atoms with van der Waals surface area (Å²) in [5, 5.41) is 7.96. The second-order valence-electron chi connectivity index (χ2n) is 6.41. The van der Waals surface area contributed by atoms with Crippen LogP contribution < -0.4 is 26.3 Å². The molecule has 2 aromatic heterocycles. The van der Waals surface area contributed by atoms with Gasteiger partial charge in [0.1, 0.15) is 17.0 Å². The van der Waals surface area contributed by atoms with Gasteiger partial charge in [0.05, 0.1) is 32.5 Å². The molecule has 0 radical (unpaired) electrons. The molecule has 0 atom stereocenters. The summed E-state index contributed by atoms with van der Waals surface area (Å²) in [4.78, 5) is 8.61. The van der Waals surface area contributed by atoms with Crippen molar-refractivity contribution < 1.29 is 9.47 Å². The average molecular weight is 385 g/mol. The molecule has 9 nitrogen and oxygen atoms in total. The van der Waals surface area contributed by atoms with Crippen LogP contribution in [-0.2, 0) is 13.1 Å². The first-order chi connectivity index (χ1) is 13.6. The third kappa shape index (κ3) is 3.94. The number of ether oxygens (including phenoxy) is 2. The Bertz CT molecular complexity index is 955. The fraction of sp³-hybridized carbons (Fsp3) is 0.421. The van der Waals surface area contributed by atoms with E-state index >= 15 is 0 Å². The van der Waals surface area contributed by atoms with E-state index in [4.69, 9.17) is 20.9 Å². The van der Waals surface area contributed by atoms with E-state index < -0.39 is 0 Å². The number of nitrogens with zero attached hydrogens (tertiary/aromatic N) is 4. The Balaban J connectivity index is 2.00. The van der Waals surface area contributed by atoms with Crippen LogP contribution in [0.1, 0.15) is 30.9 Å². The minimum atomic E-state index is 0.214. The van der Waals surface area contributed by atoms with Gasteiger partial charge in [0, 0.05) is 18.7 Å². The van der Waals surface area contributed by atoms with Gasteiger partial charge in [-0.2, -0.15) is 10.1 Å². The smallest absolute Gasteiger partial charge is 0.222 e. The summed E-state index contributed by atoms with van der Waals surface area (Å²) in [5.41, 5.74) is 14.8. The van der Waals surface area contributed by atoms with Gasteiger partial charge in [-0.05, 0) is 12.5 Å². The molecule has 0 fully saturated rings. The van der Waals surface area contributed by atoms with Gasteiger partial charge in [-0.3, -0.25) is 4.68 Å². The molecule has 2 heterocycles. The van der Waals surface area contributed by atoms with E-state index in [1.165, 1.54) is 0 Å². The minimum absolute atomic E-state index is 0.214. The normalized spacial score (nSPS) is 11.0. The zero-order valence-electron chi connectivity index (χ0n) is 16.5. The van der Waals surface area contributed by atoms with E-state index in [9.17, 15) is 0 Å². The number of hydrogen-bond acceptors (Lipinski definition) is 8. The number of nitrogen functional groups attached to an aromatic ring is 1. The van der Waals surface area contributed by atoms with Crippen LogP contribution in [0, 0.1) is 0 Å². The van der Waals surface area contributed by atoms with Crippen molar-refractivity contribution in [3.05, 3.63) is 29.5 Å². The maximum atomic E-state index is 5.87. The molecule has 0 amide bonds. The third-order valence-electron chi connectivity index (χ3n) is 4.51. The standard InChI is InChI=1S/C19H27N7O2/c1-4-5-8-22-18-16-14(23-19(21)24-18)11-26(25-16)10-13-15(27-2)7-6-12(9-20)17(13)28-3/h6-7,11H,4-5,8-10,20H2,1-3H3,(H3,21,22,23,24). The highest BCUT2D eigenvalue weighted by Gasteiger charge is 2.17. The van der Waals surface area contributed by atoms with Gasteiger partial charge < -0.3 is 26.3 Å². The number of benzene rings is 1. The van der Waals surface area contributed by atoms with Crippen LogP contribution in [0.3, 0.4) is 0 Å². The van der Waals surface area contributed by atoms with Crippen molar-refractivity contribution in [2.45, 2.75) is 32.9 Å². The summed E-state index contributed by atoms with van der Waals surface area (Å²) in [6.45, 7) is 3.74. The molecule has 0 spiro atoms. The molecule has 9 heteroatoms. The summed E-state index contributed by atoms with van der Waals surface area (Å²) in [5.74, 6) is 2.27. The Labute approximate surface area is 164 Å². The van der Waals surface area contributed by atoms with E-state index in [2.05, 4.69) is 27.3 Å². The highest BCUT2D eigenvalue weighted by Crippen LogP contribution is 2.33. The lowest BCUT2D eigenvalue weighted by Gasteiger charge is -2.16. The van der Waals surface area contributed by atoms with Gasteiger partial charge in [-0.25, -0.2) is 4.98 Å². The maximum Gasteiger partial charge on any atom is 0.222 e. The molecule has 28 heavy (non-hydrogen) atoms. The van der Waals surface area contributed by atoms with Crippen molar-refractivity contribution in [1.29, 1.82) is 0 Å². The predicted molar refractivity (Wildman–Crippen MR) is 110 cm³/mol. The van der Waals surface area contributed by atoms with Crippen LogP contribution in [0.2, 0.25) is 0 Å². The molecule has 0 aliphatic rings. The van der Waals surface area contributed by atoms with Crippen molar-refractivity contribution in [3.63, 3.8) is 0 Å². The van der Waals surface area contributed by atoms with Crippen molar-refractivity contribution in [2.24, 2.45) is 5.73 Å². The minimum Gasteiger partial charge on any atom is -0.496 e. The fourth-order valence-electron chi connectivity index (χ4n) is 3.14. The largest absolute Gasteiger partial charge is 0.496 e. The Hall–Kier alpha value is -3.07. The Kier molecular flexibility index (Phi) is 6.15. The summed E-state index contributed by atoms with van der Waals surface area (Å²) >= 11 is 0. The van der Waals surface area contributed by atoms with Gasteiger partial charge >= 0.3 is 0 Å². The van der Waals surface area contributed by atoms with Gasteiger partial charge in [0.2, 0.25) is 5.95 Å². The number of methoxy groups -OCH3 is 2. The molecular formula is C19H27N7O2. The Morgan fingerprint density at radius 3 is 2.68 bits per heavy atom. The van der Waals surface area contributed by atoms with Gasteiger partial charge in [-0.15, -0.1) is 0 Å². The van der Waals surface area contributed by atoms with Crippen LogP contribution in [-0.4, -0.2) is 40.5 Å². The molecule has 0 saturated heterocycles. The van der Waals surface area contributed by atoms with Crippen molar-refractivity contribution in [3.8, 4) is 11.5 Å². The number of anilines is 2. The van der Waals surface area contributed by atoms with Crippen LogP contribution in [0.25, 0.3) is 11.0 Å². The molecule has 0 unspecified atom stereocenters. The highest BCUT2D eigenvalue weighted by atomic mass is 16.5. The fourth-order valence-corrected chi connectivity index (χ4v) is 3.14. The van der Waals surface area contributed by atoms with Crippen molar-refractivity contribution >= 4 is 22.8 Å². The van der Waals surface area contributed by atoms with Gasteiger partial charge in [0.25, 0.3) is 0 Å². The quantitative estimate of drug-likeness (QED) is 0.478. The summed E-state index contributed by atoms with van der Waals surface area (Å²) in [7, 11) is 3.25. The molecule has 150 valence electrons. The topological polar surface area (TPSA) is 126 Å². The molecule has 0 aliphatic heterocycles. The molecule has 3 aromatic rings. The second kappa shape index (κ2) is 8.75. The molecule has 5 N–H and O–H groups in total. The molecule has 0 bridgehead atoms. The summed E-state index contributed by atoms with van der Waals surface area (Å²) in [6.07, 6.45) is 3.96. The van der Waals surface area contributed by atoms with Crippen LogP contribution in [0.5, 0.6) is 11.5 Å². The number of aromatic nitrogens is 4. The number of nitrogens with one attached hydrogen (secondary N) is 1. The monoisotopic (exact) mass is 385 g/mol. The van der Waals surface area contributed by atoms with Crippen molar-refractivity contribution in [2.75, 3.05) is 31.8 Å². The first kappa shape index (κ1) is 19.7. The Morgan fingerprint density at radius 1 is 1.18 bits per heavy atom. The predicted octanol–water partition coefficient (Wildman–Crippen LogP) is 2.14. The summed E-state index contributed by atoms with van der Waals surface area (Å²) in [6, 6.07) is 3.79. The van der Waals surface area contributed by atoms with E-state index in [0.717, 1.165) is 30.5 Å². The number of hydrogen-bond donors (Lipinski definition) is 3. The number of fused-ring (bicyclic) bond motifs is 1. The SMILES string of the molecule is CCCCNc1nc(N)nc2cn(Cc3c(OC)ccc(CN)c3OC)nc12. The van der Waals surface area contributed by atoms with E-state index in [0.29, 0.717) is 41.4 Å². The lowest BCUT2D eigenvalue weighted by atomic mass is 10.1. The highest BCUT2D eigenvalue weighted by molar-refractivity contribution is 5.85. The molecular weight excluding hydrogens is 358 g/mol. The van der Waals surface area contributed by atoms with Crippen LogP contribution in [0.15, 0.2) is 18.3 Å². The maximum absolute atomic E-state index is 5.87. The molecule has 0 aliphatic carbocycles. The lowest BCUT2D eigenvalue weighted by Crippen LogP contribution is -2.09. The van der Waals surface area contributed by atoms with E-state index in [-0.39, 0.29) is 5.95 Å². The van der Waals surface area contributed by atoms with Crippen LogP contribution >= 0.6 is 0 Å². The molecule has 1 aromatic carbocycles. The summed E-state index contributed by atoms with van der Waals surface area (Å²) < 4.78 is 12.9. The van der Waals surface area contributed by atoms with Gasteiger partial charge in [-0.1, -0.05) is 19.4 Å².